The Labute approximate surface area is 167 Å². The molecule has 0 aliphatic rings. The maximum Gasteiger partial charge on any atom is 0.272 e. The van der Waals surface area contributed by atoms with Crippen molar-refractivity contribution in [2.75, 3.05) is 5.32 Å². The monoisotopic (exact) mass is 384 g/mol. The van der Waals surface area contributed by atoms with Crippen molar-refractivity contribution in [2.45, 2.75) is 13.8 Å². The average Bonchev–Trinajstić information content (AvgIpc) is 2.72. The number of pyridine rings is 1. The standard InChI is InChI=1S/C24H20N2O3/c1-15-9-8-10-16(2)21(15)25-23(28)20-22(27)18-13-6-7-14-19(18)26(24(20)29)17-11-4-3-5-12-17/h3-14,27H,1-2H3,(H,25,28). The van der Waals surface area contributed by atoms with E-state index < -0.39 is 11.5 Å². The van der Waals surface area contributed by atoms with Crippen molar-refractivity contribution in [3.63, 3.8) is 0 Å². The van der Waals surface area contributed by atoms with Gasteiger partial charge in [-0.3, -0.25) is 14.2 Å². The van der Waals surface area contributed by atoms with Gasteiger partial charge in [0.05, 0.1) is 5.52 Å². The number of rotatable bonds is 3. The van der Waals surface area contributed by atoms with Crippen LogP contribution >= 0.6 is 0 Å². The van der Waals surface area contributed by atoms with E-state index in [1.165, 1.54) is 4.57 Å². The minimum Gasteiger partial charge on any atom is -0.506 e. The third kappa shape index (κ3) is 3.17. The average molecular weight is 384 g/mol. The smallest absolute Gasteiger partial charge is 0.272 e. The Bertz CT molecular complexity index is 1270. The molecule has 4 aromatic rings. The number of aromatic nitrogens is 1. The van der Waals surface area contributed by atoms with Crippen LogP contribution in [0.4, 0.5) is 5.69 Å². The zero-order valence-electron chi connectivity index (χ0n) is 16.1. The molecule has 4 rings (SSSR count). The number of aryl methyl sites for hydroxylation is 2. The molecular weight excluding hydrogens is 364 g/mol. The lowest BCUT2D eigenvalue weighted by atomic mass is 10.1. The fraction of sp³-hybridized carbons (Fsp3) is 0.0833. The Morgan fingerprint density at radius 1 is 0.862 bits per heavy atom. The molecule has 1 aromatic heterocycles. The van der Waals surface area contributed by atoms with E-state index in [0.29, 0.717) is 22.3 Å². The molecule has 0 aliphatic carbocycles. The van der Waals surface area contributed by atoms with Gasteiger partial charge in [0.25, 0.3) is 11.5 Å². The summed E-state index contributed by atoms with van der Waals surface area (Å²) in [5.41, 5.74) is 2.69. The third-order valence-electron chi connectivity index (χ3n) is 5.01. The zero-order chi connectivity index (χ0) is 20.5. The van der Waals surface area contributed by atoms with Crippen molar-refractivity contribution in [1.29, 1.82) is 0 Å². The quantitative estimate of drug-likeness (QED) is 0.544. The number of carbonyl (C=O) groups excluding carboxylic acids is 1. The minimum atomic E-state index is -0.639. The van der Waals surface area contributed by atoms with Crippen LogP contribution in [0.2, 0.25) is 0 Å². The van der Waals surface area contributed by atoms with Crippen LogP contribution in [0.25, 0.3) is 16.6 Å². The van der Waals surface area contributed by atoms with Crippen LogP contribution in [-0.2, 0) is 0 Å². The normalized spacial score (nSPS) is 10.8. The number of carbonyl (C=O) groups is 1. The van der Waals surface area contributed by atoms with Gasteiger partial charge in [0.2, 0.25) is 0 Å². The van der Waals surface area contributed by atoms with Gasteiger partial charge in [0.15, 0.2) is 0 Å². The molecule has 0 bridgehead atoms. The maximum atomic E-state index is 13.3. The van der Waals surface area contributed by atoms with Gasteiger partial charge in [-0.25, -0.2) is 0 Å². The molecule has 0 fully saturated rings. The molecule has 5 heteroatoms. The summed E-state index contributed by atoms with van der Waals surface area (Å²) in [5, 5.41) is 14.1. The van der Waals surface area contributed by atoms with Crippen molar-refractivity contribution >= 4 is 22.5 Å². The van der Waals surface area contributed by atoms with E-state index in [-0.39, 0.29) is 11.3 Å². The summed E-state index contributed by atoms with van der Waals surface area (Å²) in [6.07, 6.45) is 0. The summed E-state index contributed by atoms with van der Waals surface area (Å²) in [4.78, 5) is 26.5. The van der Waals surface area contributed by atoms with E-state index >= 15 is 0 Å². The van der Waals surface area contributed by atoms with Gasteiger partial charge in [0.1, 0.15) is 11.3 Å². The molecule has 1 amide bonds. The van der Waals surface area contributed by atoms with Crippen molar-refractivity contribution in [3.8, 4) is 11.4 Å². The fourth-order valence-corrected chi connectivity index (χ4v) is 3.55. The Kier molecular flexibility index (Phi) is 4.64. The van der Waals surface area contributed by atoms with Crippen LogP contribution in [-0.4, -0.2) is 15.6 Å². The van der Waals surface area contributed by atoms with E-state index in [1.54, 1.807) is 36.4 Å². The first-order valence-corrected chi connectivity index (χ1v) is 9.28. The molecule has 144 valence electrons. The highest BCUT2D eigenvalue weighted by molar-refractivity contribution is 6.09. The van der Waals surface area contributed by atoms with Crippen LogP contribution in [0.3, 0.4) is 0 Å². The number of hydrogen-bond acceptors (Lipinski definition) is 3. The summed E-state index contributed by atoms with van der Waals surface area (Å²) in [7, 11) is 0. The number of benzene rings is 3. The molecule has 1 heterocycles. The number of fused-ring (bicyclic) bond motifs is 1. The van der Waals surface area contributed by atoms with Crippen molar-refractivity contribution in [1.82, 2.24) is 4.57 Å². The SMILES string of the molecule is Cc1cccc(C)c1NC(=O)c1c(O)c2ccccc2n(-c2ccccc2)c1=O. The van der Waals surface area contributed by atoms with Crippen LogP contribution < -0.4 is 10.9 Å². The lowest BCUT2D eigenvalue weighted by Crippen LogP contribution is -2.29. The fourth-order valence-electron chi connectivity index (χ4n) is 3.55. The highest BCUT2D eigenvalue weighted by atomic mass is 16.3. The number of anilines is 1. The van der Waals surface area contributed by atoms with Gasteiger partial charge in [0, 0.05) is 16.8 Å². The van der Waals surface area contributed by atoms with Crippen molar-refractivity contribution in [3.05, 3.63) is 99.8 Å². The van der Waals surface area contributed by atoms with Gasteiger partial charge >= 0.3 is 0 Å². The topological polar surface area (TPSA) is 71.3 Å². The minimum absolute atomic E-state index is 0.282. The van der Waals surface area contributed by atoms with E-state index in [9.17, 15) is 14.7 Å². The van der Waals surface area contributed by atoms with Gasteiger partial charge < -0.3 is 10.4 Å². The Balaban J connectivity index is 1.96. The largest absolute Gasteiger partial charge is 0.506 e. The highest BCUT2D eigenvalue weighted by Gasteiger charge is 2.23. The lowest BCUT2D eigenvalue weighted by molar-refractivity contribution is 0.102. The van der Waals surface area contributed by atoms with Gasteiger partial charge in [-0.15, -0.1) is 0 Å². The molecule has 0 aliphatic heterocycles. The van der Waals surface area contributed by atoms with Gasteiger partial charge in [-0.2, -0.15) is 0 Å². The molecular formula is C24H20N2O3. The van der Waals surface area contributed by atoms with Crippen LogP contribution in [0.1, 0.15) is 21.5 Å². The molecule has 0 spiro atoms. The molecule has 29 heavy (non-hydrogen) atoms. The molecule has 2 N–H and O–H groups in total. The molecule has 0 atom stereocenters. The Hall–Kier alpha value is -3.86. The van der Waals surface area contributed by atoms with Gasteiger partial charge in [-0.1, -0.05) is 48.5 Å². The highest BCUT2D eigenvalue weighted by Crippen LogP contribution is 2.29. The number of para-hydroxylation sites is 3. The van der Waals surface area contributed by atoms with Crippen molar-refractivity contribution < 1.29 is 9.90 Å². The molecule has 0 saturated carbocycles. The number of aromatic hydroxyl groups is 1. The summed E-state index contributed by atoms with van der Waals surface area (Å²) < 4.78 is 1.45. The van der Waals surface area contributed by atoms with Crippen LogP contribution in [0.5, 0.6) is 5.75 Å². The molecule has 0 saturated heterocycles. The second-order valence-corrected chi connectivity index (χ2v) is 6.94. The zero-order valence-corrected chi connectivity index (χ0v) is 16.1. The lowest BCUT2D eigenvalue weighted by Gasteiger charge is -2.16. The summed E-state index contributed by atoms with van der Waals surface area (Å²) in [5.74, 6) is -0.957. The maximum absolute atomic E-state index is 13.3. The number of amides is 1. The van der Waals surface area contributed by atoms with E-state index in [1.807, 2.05) is 50.2 Å². The molecule has 0 radical (unpaired) electrons. The van der Waals surface area contributed by atoms with E-state index in [0.717, 1.165) is 11.1 Å². The van der Waals surface area contributed by atoms with Crippen LogP contribution in [0, 0.1) is 13.8 Å². The third-order valence-corrected chi connectivity index (χ3v) is 5.01. The first kappa shape index (κ1) is 18.5. The summed E-state index contributed by atoms with van der Waals surface area (Å²) in [6, 6.07) is 21.7. The van der Waals surface area contributed by atoms with E-state index in [2.05, 4.69) is 5.32 Å². The summed E-state index contributed by atoms with van der Waals surface area (Å²) in [6.45, 7) is 3.76. The van der Waals surface area contributed by atoms with Crippen LogP contribution in [0.15, 0.2) is 77.6 Å². The Morgan fingerprint density at radius 3 is 2.17 bits per heavy atom. The molecule has 5 nitrogen and oxygen atoms in total. The predicted octanol–water partition coefficient (Wildman–Crippen LogP) is 4.57. The second-order valence-electron chi connectivity index (χ2n) is 6.94. The number of nitrogens with zero attached hydrogens (tertiary/aromatic N) is 1. The summed E-state index contributed by atoms with van der Waals surface area (Å²) >= 11 is 0. The first-order chi connectivity index (χ1) is 14.0. The number of hydrogen-bond donors (Lipinski definition) is 2. The van der Waals surface area contributed by atoms with E-state index in [4.69, 9.17) is 0 Å². The van der Waals surface area contributed by atoms with Gasteiger partial charge in [-0.05, 0) is 49.2 Å². The Morgan fingerprint density at radius 2 is 1.48 bits per heavy atom. The number of nitrogens with one attached hydrogen (secondary N) is 1. The predicted molar refractivity (Wildman–Crippen MR) is 115 cm³/mol. The second kappa shape index (κ2) is 7.28. The van der Waals surface area contributed by atoms with Crippen molar-refractivity contribution in [2.24, 2.45) is 0 Å². The molecule has 3 aromatic carbocycles. The molecule has 0 unspecified atom stereocenters. The first-order valence-electron chi connectivity index (χ1n) is 9.28.